The van der Waals surface area contributed by atoms with Gasteiger partial charge in [0.2, 0.25) is 0 Å². The van der Waals surface area contributed by atoms with Gasteiger partial charge in [0.05, 0.1) is 0 Å². The van der Waals surface area contributed by atoms with E-state index in [0.717, 1.165) is 12.0 Å². The van der Waals surface area contributed by atoms with Gasteiger partial charge >= 0.3 is 12.0 Å². The van der Waals surface area contributed by atoms with Crippen molar-refractivity contribution in [3.05, 3.63) is 35.9 Å². The Bertz CT molecular complexity index is 486. The molecule has 1 aromatic carbocycles. The van der Waals surface area contributed by atoms with E-state index in [1.165, 1.54) is 0 Å². The number of hydrogen-bond donors (Lipinski definition) is 2. The van der Waals surface area contributed by atoms with E-state index in [1.54, 1.807) is 11.9 Å². The zero-order chi connectivity index (χ0) is 16.0. The third-order valence-electron chi connectivity index (χ3n) is 3.96. The number of hydrogen-bond acceptors (Lipinski definition) is 2. The van der Waals surface area contributed by atoms with Crippen LogP contribution in [0.1, 0.15) is 32.8 Å². The van der Waals surface area contributed by atoms with Crippen LogP contribution < -0.4 is 5.32 Å². The lowest BCUT2D eigenvalue weighted by Gasteiger charge is -2.35. The summed E-state index contributed by atoms with van der Waals surface area (Å²) in [5, 5.41) is 11.9. The maximum atomic E-state index is 12.2. The fourth-order valence-electron chi connectivity index (χ4n) is 1.81. The van der Waals surface area contributed by atoms with Crippen LogP contribution >= 0.6 is 0 Å². The summed E-state index contributed by atoms with van der Waals surface area (Å²) in [5.74, 6) is -1.03. The summed E-state index contributed by atoms with van der Waals surface area (Å²) in [6.45, 7) is 5.88. The first-order valence-corrected chi connectivity index (χ1v) is 7.09. The molecule has 2 N–H and O–H groups in total. The van der Waals surface area contributed by atoms with Gasteiger partial charge in [0.25, 0.3) is 0 Å². The topological polar surface area (TPSA) is 69.6 Å². The van der Waals surface area contributed by atoms with Crippen LogP contribution in [0.5, 0.6) is 0 Å². The van der Waals surface area contributed by atoms with Crippen molar-refractivity contribution in [2.24, 2.45) is 0 Å². The average Bonchev–Trinajstić information content (AvgIpc) is 2.46. The van der Waals surface area contributed by atoms with Crippen molar-refractivity contribution < 1.29 is 14.7 Å². The molecule has 0 spiro atoms. The standard InChI is InChI=1S/C16H24N2O3/c1-5-16(2,3)18(4)15(21)17-13(14(19)20)11-12-9-7-6-8-10-12/h6-10,13H,5,11H2,1-4H3,(H,17,21)(H,19,20)/t13-/m0/s1. The minimum atomic E-state index is -1.03. The number of carboxylic acid groups (broad SMARTS) is 1. The maximum absolute atomic E-state index is 12.2. The van der Waals surface area contributed by atoms with Crippen molar-refractivity contribution in [2.75, 3.05) is 7.05 Å². The zero-order valence-corrected chi connectivity index (χ0v) is 13.1. The summed E-state index contributed by atoms with van der Waals surface area (Å²) in [6, 6.07) is 7.96. The number of urea groups is 1. The fraction of sp³-hybridized carbons (Fsp3) is 0.500. The van der Waals surface area contributed by atoms with Gasteiger partial charge in [0, 0.05) is 19.0 Å². The van der Waals surface area contributed by atoms with E-state index in [2.05, 4.69) is 5.32 Å². The summed E-state index contributed by atoms with van der Waals surface area (Å²) in [5.41, 5.74) is 0.558. The molecule has 0 aliphatic carbocycles. The minimum absolute atomic E-state index is 0.266. The largest absolute Gasteiger partial charge is 0.480 e. The Morgan fingerprint density at radius 2 is 1.86 bits per heavy atom. The third kappa shape index (κ3) is 4.77. The Balaban J connectivity index is 2.75. The molecule has 1 atom stereocenters. The van der Waals surface area contributed by atoms with Gasteiger partial charge in [0.1, 0.15) is 6.04 Å². The molecule has 0 fully saturated rings. The van der Waals surface area contributed by atoms with Crippen molar-refractivity contribution in [1.29, 1.82) is 0 Å². The molecular weight excluding hydrogens is 268 g/mol. The molecular formula is C16H24N2O3. The van der Waals surface area contributed by atoms with Crippen molar-refractivity contribution >= 4 is 12.0 Å². The third-order valence-corrected chi connectivity index (χ3v) is 3.96. The summed E-state index contributed by atoms with van der Waals surface area (Å²) >= 11 is 0. The van der Waals surface area contributed by atoms with Gasteiger partial charge in [0.15, 0.2) is 0 Å². The van der Waals surface area contributed by atoms with E-state index in [0.29, 0.717) is 0 Å². The second kappa shape index (κ2) is 7.11. The molecule has 1 aromatic rings. The number of carboxylic acids is 1. The molecule has 21 heavy (non-hydrogen) atoms. The van der Waals surface area contributed by atoms with Gasteiger partial charge in [-0.05, 0) is 25.8 Å². The predicted octanol–water partition coefficient (Wildman–Crippen LogP) is 2.51. The fourth-order valence-corrected chi connectivity index (χ4v) is 1.81. The van der Waals surface area contributed by atoms with Crippen molar-refractivity contribution in [1.82, 2.24) is 10.2 Å². The lowest BCUT2D eigenvalue weighted by atomic mass is 10.0. The second-order valence-corrected chi connectivity index (χ2v) is 5.76. The quantitative estimate of drug-likeness (QED) is 0.846. The number of carbonyl (C=O) groups is 2. The van der Waals surface area contributed by atoms with Gasteiger partial charge in [-0.2, -0.15) is 0 Å². The normalized spacial score (nSPS) is 12.6. The van der Waals surface area contributed by atoms with Crippen LogP contribution in [0.25, 0.3) is 0 Å². The van der Waals surface area contributed by atoms with Gasteiger partial charge in [-0.1, -0.05) is 37.3 Å². The number of amides is 2. The van der Waals surface area contributed by atoms with E-state index in [4.69, 9.17) is 0 Å². The molecule has 0 radical (unpaired) electrons. The average molecular weight is 292 g/mol. The van der Waals surface area contributed by atoms with Crippen molar-refractivity contribution in [3.8, 4) is 0 Å². The number of aliphatic carboxylic acids is 1. The Kier molecular flexibility index (Phi) is 5.76. The Morgan fingerprint density at radius 1 is 1.29 bits per heavy atom. The van der Waals surface area contributed by atoms with E-state index < -0.39 is 12.0 Å². The summed E-state index contributed by atoms with van der Waals surface area (Å²) < 4.78 is 0. The van der Waals surface area contributed by atoms with E-state index in [9.17, 15) is 14.7 Å². The number of nitrogens with one attached hydrogen (secondary N) is 1. The maximum Gasteiger partial charge on any atom is 0.326 e. The molecule has 0 bridgehead atoms. The van der Waals surface area contributed by atoms with Crippen LogP contribution in [-0.2, 0) is 11.2 Å². The molecule has 0 saturated heterocycles. The van der Waals surface area contributed by atoms with Crippen LogP contribution in [0, 0.1) is 0 Å². The highest BCUT2D eigenvalue weighted by Crippen LogP contribution is 2.16. The minimum Gasteiger partial charge on any atom is -0.480 e. The molecule has 1 rings (SSSR count). The van der Waals surface area contributed by atoms with Crippen LogP contribution in [-0.4, -0.2) is 40.6 Å². The highest BCUT2D eigenvalue weighted by atomic mass is 16.4. The molecule has 116 valence electrons. The molecule has 2 amide bonds. The van der Waals surface area contributed by atoms with E-state index in [-0.39, 0.29) is 18.0 Å². The van der Waals surface area contributed by atoms with Crippen LogP contribution in [0.4, 0.5) is 4.79 Å². The van der Waals surface area contributed by atoms with Crippen LogP contribution in [0.3, 0.4) is 0 Å². The smallest absolute Gasteiger partial charge is 0.326 e. The number of rotatable bonds is 6. The Labute approximate surface area is 126 Å². The van der Waals surface area contributed by atoms with Crippen LogP contribution in [0.2, 0.25) is 0 Å². The Hall–Kier alpha value is -2.04. The first-order chi connectivity index (χ1) is 9.77. The summed E-state index contributed by atoms with van der Waals surface area (Å²) in [7, 11) is 1.68. The van der Waals surface area contributed by atoms with Gasteiger partial charge in [-0.3, -0.25) is 0 Å². The highest BCUT2D eigenvalue weighted by molar-refractivity contribution is 5.83. The molecule has 5 nitrogen and oxygen atoms in total. The number of benzene rings is 1. The van der Waals surface area contributed by atoms with E-state index in [1.807, 2.05) is 51.1 Å². The highest BCUT2D eigenvalue weighted by Gasteiger charge is 2.29. The van der Waals surface area contributed by atoms with E-state index >= 15 is 0 Å². The molecule has 0 saturated carbocycles. The first kappa shape index (κ1) is 17.0. The molecule has 0 aliphatic rings. The first-order valence-electron chi connectivity index (χ1n) is 7.09. The summed E-state index contributed by atoms with van der Waals surface area (Å²) in [4.78, 5) is 25.1. The monoisotopic (exact) mass is 292 g/mol. The predicted molar refractivity (Wildman–Crippen MR) is 82.2 cm³/mol. The number of nitrogens with zero attached hydrogens (tertiary/aromatic N) is 1. The number of carbonyl (C=O) groups excluding carboxylic acids is 1. The van der Waals surface area contributed by atoms with Crippen molar-refractivity contribution in [2.45, 2.75) is 45.2 Å². The van der Waals surface area contributed by atoms with Crippen LogP contribution in [0.15, 0.2) is 30.3 Å². The molecule has 5 heteroatoms. The van der Waals surface area contributed by atoms with Gasteiger partial charge in [-0.25, -0.2) is 9.59 Å². The Morgan fingerprint density at radius 3 is 2.33 bits per heavy atom. The van der Waals surface area contributed by atoms with Gasteiger partial charge in [-0.15, -0.1) is 0 Å². The molecule has 0 aliphatic heterocycles. The summed E-state index contributed by atoms with van der Waals surface area (Å²) in [6.07, 6.45) is 1.05. The van der Waals surface area contributed by atoms with Gasteiger partial charge < -0.3 is 15.3 Å². The molecule has 0 heterocycles. The molecule has 0 aromatic heterocycles. The lowest BCUT2D eigenvalue weighted by Crippen LogP contribution is -2.53. The van der Waals surface area contributed by atoms with Crippen molar-refractivity contribution in [3.63, 3.8) is 0 Å². The SMILES string of the molecule is CCC(C)(C)N(C)C(=O)N[C@@H](Cc1ccccc1)C(=O)O. The molecule has 0 unspecified atom stereocenters. The second-order valence-electron chi connectivity index (χ2n) is 5.76. The lowest BCUT2D eigenvalue weighted by molar-refractivity contribution is -0.139. The zero-order valence-electron chi connectivity index (χ0n) is 13.1.